The largest absolute Gasteiger partial charge is 0.374 e. The van der Waals surface area contributed by atoms with Crippen molar-refractivity contribution >= 4 is 0 Å². The van der Waals surface area contributed by atoms with Crippen molar-refractivity contribution in [2.45, 2.75) is 88.8 Å². The van der Waals surface area contributed by atoms with Crippen LogP contribution in [0.15, 0.2) is 182 Å². The topological polar surface area (TPSA) is 114 Å². The Balaban J connectivity index is 0.000000186. The Morgan fingerprint density at radius 2 is 0.532 bits per heavy atom. The number of aliphatic hydroxyl groups excluding tert-OH is 2. The molecule has 10 heteroatoms. The Hall–Kier alpha value is -5.08. The van der Waals surface area contributed by atoms with Crippen molar-refractivity contribution in [3.05, 3.63) is 215 Å². The van der Waals surface area contributed by atoms with E-state index in [1.54, 1.807) is 0 Å². The van der Waals surface area contributed by atoms with Gasteiger partial charge in [0.05, 0.1) is 52.9 Å². The molecular weight excluding hydrogens is 785 g/mol. The fourth-order valence-electron chi connectivity index (χ4n) is 7.24. The van der Waals surface area contributed by atoms with E-state index < -0.39 is 49.2 Å². The van der Waals surface area contributed by atoms with Crippen LogP contribution in [0.5, 0.6) is 0 Å². The van der Waals surface area contributed by atoms with Crippen molar-refractivity contribution in [1.82, 2.24) is 0 Å². The SMILES string of the molecule is O[C@@H]1O[C@H](COCc2ccccc2)[C@@H](OCc2ccccc2)[C@@H]1OCc1ccccc1.O[C@@H]1O[C@H](COCc2ccccc2)[C@@H](OCc2ccccc2)[C@@H]1OCc1ccccc1. The molecule has 62 heavy (non-hydrogen) atoms. The summed E-state index contributed by atoms with van der Waals surface area (Å²) in [6, 6.07) is 59.5. The fraction of sp³-hybridized carbons (Fsp3) is 0.308. The minimum absolute atomic E-state index is 0.302. The van der Waals surface area contributed by atoms with Crippen molar-refractivity contribution < 1.29 is 48.1 Å². The van der Waals surface area contributed by atoms with Crippen LogP contribution in [0.25, 0.3) is 0 Å². The lowest BCUT2D eigenvalue weighted by Gasteiger charge is -2.24. The summed E-state index contributed by atoms with van der Waals surface area (Å²) in [7, 11) is 0. The van der Waals surface area contributed by atoms with Gasteiger partial charge >= 0.3 is 0 Å². The van der Waals surface area contributed by atoms with Crippen molar-refractivity contribution in [2.75, 3.05) is 13.2 Å². The molecule has 2 aliphatic rings. The van der Waals surface area contributed by atoms with E-state index in [2.05, 4.69) is 0 Å². The van der Waals surface area contributed by atoms with Gasteiger partial charge in [0.1, 0.15) is 36.6 Å². The first-order valence-electron chi connectivity index (χ1n) is 21.1. The van der Waals surface area contributed by atoms with E-state index in [-0.39, 0.29) is 0 Å². The summed E-state index contributed by atoms with van der Waals surface area (Å²) in [6.45, 7) is 3.09. The van der Waals surface area contributed by atoms with E-state index in [1.807, 2.05) is 182 Å². The van der Waals surface area contributed by atoms with Crippen LogP contribution in [0.4, 0.5) is 0 Å². The number of rotatable bonds is 20. The Kier molecular flexibility index (Phi) is 17.8. The predicted molar refractivity (Wildman–Crippen MR) is 234 cm³/mol. The van der Waals surface area contributed by atoms with Gasteiger partial charge in [-0.15, -0.1) is 0 Å². The van der Waals surface area contributed by atoms with Gasteiger partial charge in [-0.05, 0) is 33.4 Å². The predicted octanol–water partition coefficient (Wildman–Crippen LogP) is 8.18. The van der Waals surface area contributed by atoms with E-state index in [0.717, 1.165) is 33.4 Å². The molecule has 0 aliphatic carbocycles. The summed E-state index contributed by atoms with van der Waals surface area (Å²) >= 11 is 0. The van der Waals surface area contributed by atoms with Crippen molar-refractivity contribution in [1.29, 1.82) is 0 Å². The van der Waals surface area contributed by atoms with Gasteiger partial charge in [0.15, 0.2) is 12.6 Å². The molecule has 0 saturated carbocycles. The minimum atomic E-state index is -1.07. The second-order valence-electron chi connectivity index (χ2n) is 15.2. The summed E-state index contributed by atoms with van der Waals surface area (Å²) in [6.07, 6.45) is -5.11. The molecule has 6 aromatic rings. The molecule has 8 rings (SSSR count). The van der Waals surface area contributed by atoms with Crippen LogP contribution in [0.2, 0.25) is 0 Å². The molecule has 2 fully saturated rings. The number of benzene rings is 6. The maximum Gasteiger partial charge on any atom is 0.184 e. The number of hydrogen-bond acceptors (Lipinski definition) is 10. The van der Waals surface area contributed by atoms with Crippen molar-refractivity contribution in [3.8, 4) is 0 Å². The maximum absolute atomic E-state index is 10.5. The van der Waals surface area contributed by atoms with Crippen LogP contribution in [0.3, 0.4) is 0 Å². The summed E-state index contributed by atoms with van der Waals surface area (Å²) in [4.78, 5) is 0. The highest BCUT2D eigenvalue weighted by Gasteiger charge is 2.47. The minimum Gasteiger partial charge on any atom is -0.374 e. The second-order valence-corrected chi connectivity index (χ2v) is 15.2. The molecule has 10 nitrogen and oxygen atoms in total. The van der Waals surface area contributed by atoms with Gasteiger partial charge in [0.25, 0.3) is 0 Å². The van der Waals surface area contributed by atoms with E-state index in [1.165, 1.54) is 0 Å². The van der Waals surface area contributed by atoms with E-state index in [4.69, 9.17) is 37.9 Å². The van der Waals surface area contributed by atoms with Crippen molar-refractivity contribution in [3.63, 3.8) is 0 Å². The maximum atomic E-state index is 10.5. The van der Waals surface area contributed by atoms with Crippen LogP contribution in [0.1, 0.15) is 33.4 Å². The van der Waals surface area contributed by atoms with Crippen LogP contribution in [-0.4, -0.2) is 72.6 Å². The van der Waals surface area contributed by atoms with Gasteiger partial charge in [-0.3, -0.25) is 0 Å². The molecule has 6 aromatic carbocycles. The molecule has 324 valence electrons. The van der Waals surface area contributed by atoms with Gasteiger partial charge in [-0.1, -0.05) is 182 Å². The van der Waals surface area contributed by atoms with Crippen LogP contribution in [-0.2, 0) is 77.5 Å². The third kappa shape index (κ3) is 14.0. The smallest absolute Gasteiger partial charge is 0.184 e. The molecule has 8 atom stereocenters. The quantitative estimate of drug-likeness (QED) is 0.0781. The zero-order chi connectivity index (χ0) is 42.6. The zero-order valence-corrected chi connectivity index (χ0v) is 34.8. The first-order valence-corrected chi connectivity index (χ1v) is 21.1. The number of ether oxygens (including phenoxy) is 8. The molecular formula is C52H56O10. The number of hydrogen-bond donors (Lipinski definition) is 2. The lowest BCUT2D eigenvalue weighted by atomic mass is 10.1. The van der Waals surface area contributed by atoms with Gasteiger partial charge in [-0.25, -0.2) is 0 Å². The molecule has 2 heterocycles. The lowest BCUT2D eigenvalue weighted by molar-refractivity contribution is -0.153. The third-order valence-electron chi connectivity index (χ3n) is 10.5. The first kappa shape index (κ1) is 45.0. The fourth-order valence-corrected chi connectivity index (χ4v) is 7.24. The van der Waals surface area contributed by atoms with Gasteiger partial charge in [0, 0.05) is 0 Å². The highest BCUT2D eigenvalue weighted by molar-refractivity contribution is 5.17. The Bertz CT molecular complexity index is 1930. The van der Waals surface area contributed by atoms with Gasteiger partial charge in [0.2, 0.25) is 0 Å². The first-order chi connectivity index (χ1) is 30.6. The monoisotopic (exact) mass is 840 g/mol. The molecule has 0 bridgehead atoms. The standard InChI is InChI=1S/2C26H28O5/c2*27-26-25(30-18-22-14-8-3-9-15-22)24(29-17-21-12-6-2-7-13-21)23(31-26)19-28-16-20-10-4-1-5-11-20/h2*1-15,23-27H,16-19H2/t2*23-,24-,25+,26-/m11/s1. The highest BCUT2D eigenvalue weighted by atomic mass is 16.7. The van der Waals surface area contributed by atoms with Crippen LogP contribution >= 0.6 is 0 Å². The summed E-state index contributed by atoms with van der Waals surface area (Å²) in [5, 5.41) is 21.1. The average Bonchev–Trinajstić information content (AvgIpc) is 3.80. The summed E-state index contributed by atoms with van der Waals surface area (Å²) in [5.74, 6) is 0. The van der Waals surface area contributed by atoms with Crippen LogP contribution in [0, 0.1) is 0 Å². The molecule has 0 amide bonds. The van der Waals surface area contributed by atoms with Gasteiger partial charge < -0.3 is 48.1 Å². The normalized spacial score (nSPS) is 23.1. The molecule has 2 aliphatic heterocycles. The van der Waals surface area contributed by atoms with Crippen LogP contribution < -0.4 is 0 Å². The van der Waals surface area contributed by atoms with Crippen molar-refractivity contribution in [2.24, 2.45) is 0 Å². The third-order valence-corrected chi connectivity index (χ3v) is 10.5. The molecule has 2 N–H and O–H groups in total. The Morgan fingerprint density at radius 1 is 0.306 bits per heavy atom. The Morgan fingerprint density at radius 3 is 0.790 bits per heavy atom. The molecule has 2 saturated heterocycles. The Labute approximate surface area is 364 Å². The van der Waals surface area contributed by atoms with Gasteiger partial charge in [-0.2, -0.15) is 0 Å². The summed E-state index contributed by atoms with van der Waals surface area (Å²) in [5.41, 5.74) is 6.32. The highest BCUT2D eigenvalue weighted by Crippen LogP contribution is 2.29. The molecule has 0 spiro atoms. The lowest BCUT2D eigenvalue weighted by Crippen LogP contribution is -2.39. The molecule has 0 unspecified atom stereocenters. The van der Waals surface area contributed by atoms with E-state index in [0.29, 0.717) is 52.9 Å². The van der Waals surface area contributed by atoms with E-state index in [9.17, 15) is 10.2 Å². The molecule has 0 aromatic heterocycles. The average molecular weight is 841 g/mol. The van der Waals surface area contributed by atoms with E-state index >= 15 is 0 Å². The number of aliphatic hydroxyl groups is 2. The second kappa shape index (κ2) is 24.5. The molecule has 0 radical (unpaired) electrons. The summed E-state index contributed by atoms with van der Waals surface area (Å²) < 4.78 is 47.8. The zero-order valence-electron chi connectivity index (χ0n) is 34.8.